The van der Waals surface area contributed by atoms with Crippen LogP contribution in [0.2, 0.25) is 5.02 Å². The van der Waals surface area contributed by atoms with Gasteiger partial charge in [0.1, 0.15) is 5.82 Å². The van der Waals surface area contributed by atoms with Gasteiger partial charge in [0, 0.05) is 17.1 Å². The predicted molar refractivity (Wildman–Crippen MR) is 117 cm³/mol. The van der Waals surface area contributed by atoms with Gasteiger partial charge in [-0.15, -0.1) is 0 Å². The first kappa shape index (κ1) is 20.6. The van der Waals surface area contributed by atoms with Crippen LogP contribution in [0.25, 0.3) is 0 Å². The molecule has 4 rings (SSSR count). The summed E-state index contributed by atoms with van der Waals surface area (Å²) in [5.74, 6) is -1.33. The molecule has 3 N–H and O–H groups in total. The highest BCUT2D eigenvalue weighted by molar-refractivity contribution is 6.30. The van der Waals surface area contributed by atoms with Gasteiger partial charge >= 0.3 is 5.69 Å². The highest BCUT2D eigenvalue weighted by Crippen LogP contribution is 2.25. The van der Waals surface area contributed by atoms with Gasteiger partial charge in [-0.1, -0.05) is 41.9 Å². The van der Waals surface area contributed by atoms with Crippen LogP contribution in [0.1, 0.15) is 17.5 Å². The minimum absolute atomic E-state index is 0.0552. The first-order chi connectivity index (χ1) is 14.9. The van der Waals surface area contributed by atoms with Gasteiger partial charge < -0.3 is 10.6 Å². The zero-order chi connectivity index (χ0) is 22.0. The van der Waals surface area contributed by atoms with Crippen LogP contribution in [-0.2, 0) is 22.6 Å². The number of nitrogens with one attached hydrogen (secondary N) is 3. The molecule has 0 saturated carbocycles. The number of hydrogen-bond acceptors (Lipinski definition) is 4. The lowest BCUT2D eigenvalue weighted by molar-refractivity contribution is -0.125. The molecule has 1 aromatic heterocycles. The molecule has 2 amide bonds. The van der Waals surface area contributed by atoms with Crippen molar-refractivity contribution in [3.8, 4) is 0 Å². The summed E-state index contributed by atoms with van der Waals surface area (Å²) in [7, 11) is 0. The number of carbonyl (C=O) groups is 2. The lowest BCUT2D eigenvalue weighted by atomic mass is 9.92. The molecule has 0 bridgehead atoms. The number of amides is 2. The average molecular weight is 439 g/mol. The molecular weight excluding hydrogens is 420 g/mol. The van der Waals surface area contributed by atoms with Crippen molar-refractivity contribution in [3.05, 3.63) is 91.6 Å². The van der Waals surface area contributed by atoms with Crippen LogP contribution in [0.3, 0.4) is 0 Å². The summed E-state index contributed by atoms with van der Waals surface area (Å²) >= 11 is 5.84. The van der Waals surface area contributed by atoms with Crippen LogP contribution >= 0.6 is 11.6 Å². The normalized spacial score (nSPS) is 15.1. The van der Waals surface area contributed by atoms with E-state index in [1.807, 2.05) is 30.3 Å². The van der Waals surface area contributed by atoms with E-state index in [1.165, 1.54) is 4.57 Å². The number of nitrogens with zero attached hydrogens (tertiary/aromatic N) is 1. The number of H-pyrrole nitrogens is 1. The number of carbonyl (C=O) groups excluding carboxylic acids is 2. The van der Waals surface area contributed by atoms with Gasteiger partial charge in [-0.2, -0.15) is 0 Å². The van der Waals surface area contributed by atoms with Gasteiger partial charge in [-0.3, -0.25) is 23.9 Å². The number of anilines is 2. The smallest absolute Gasteiger partial charge is 0.326 e. The Morgan fingerprint density at radius 3 is 2.48 bits per heavy atom. The van der Waals surface area contributed by atoms with Crippen LogP contribution < -0.4 is 21.9 Å². The van der Waals surface area contributed by atoms with Crippen LogP contribution in [0.4, 0.5) is 11.5 Å². The summed E-state index contributed by atoms with van der Waals surface area (Å²) in [6.45, 7) is 0.195. The van der Waals surface area contributed by atoms with Gasteiger partial charge in [-0.25, -0.2) is 4.79 Å². The van der Waals surface area contributed by atoms with Crippen molar-refractivity contribution >= 4 is 34.9 Å². The van der Waals surface area contributed by atoms with Gasteiger partial charge in [0.25, 0.3) is 5.56 Å². The van der Waals surface area contributed by atoms with Crippen LogP contribution in [0.15, 0.2) is 64.2 Å². The molecule has 9 heteroatoms. The van der Waals surface area contributed by atoms with Crippen molar-refractivity contribution in [2.45, 2.75) is 19.4 Å². The number of aromatic amines is 1. The predicted octanol–water partition coefficient (Wildman–Crippen LogP) is 2.38. The number of benzene rings is 2. The molecule has 0 radical (unpaired) electrons. The first-order valence-electron chi connectivity index (χ1n) is 9.67. The number of fused-ring (bicyclic) bond motifs is 1. The van der Waals surface area contributed by atoms with E-state index in [2.05, 4.69) is 15.6 Å². The zero-order valence-electron chi connectivity index (χ0n) is 16.4. The molecular formula is C22H19ClN4O4. The Hall–Kier alpha value is -3.65. The monoisotopic (exact) mass is 438 g/mol. The molecule has 0 fully saturated rings. The Labute approximate surface area is 181 Å². The lowest BCUT2D eigenvalue weighted by Crippen LogP contribution is -2.42. The van der Waals surface area contributed by atoms with Gasteiger partial charge in [0.05, 0.1) is 18.0 Å². The van der Waals surface area contributed by atoms with E-state index in [0.29, 0.717) is 10.7 Å². The molecule has 1 aliphatic heterocycles. The second-order valence-electron chi connectivity index (χ2n) is 7.31. The largest absolute Gasteiger partial charge is 0.330 e. The Morgan fingerprint density at radius 1 is 1.06 bits per heavy atom. The maximum absolute atomic E-state index is 12.7. The summed E-state index contributed by atoms with van der Waals surface area (Å²) in [5, 5.41) is 5.92. The summed E-state index contributed by atoms with van der Waals surface area (Å²) in [5.41, 5.74) is 0.511. The van der Waals surface area contributed by atoms with Crippen LogP contribution in [0, 0.1) is 5.92 Å². The molecule has 1 atom stereocenters. The Morgan fingerprint density at radius 2 is 1.77 bits per heavy atom. The van der Waals surface area contributed by atoms with Crippen molar-refractivity contribution in [1.29, 1.82) is 0 Å². The van der Waals surface area contributed by atoms with Crippen molar-refractivity contribution in [1.82, 2.24) is 9.55 Å². The van der Waals surface area contributed by atoms with E-state index in [1.54, 1.807) is 24.3 Å². The van der Waals surface area contributed by atoms with Gasteiger partial charge in [-0.05, 0) is 36.2 Å². The topological polar surface area (TPSA) is 113 Å². The van der Waals surface area contributed by atoms with Crippen LogP contribution in [0.5, 0.6) is 0 Å². The molecule has 158 valence electrons. The molecule has 0 spiro atoms. The molecule has 2 aromatic carbocycles. The Bertz CT molecular complexity index is 1250. The molecule has 0 unspecified atom stereocenters. The fraction of sp³-hybridized carbons (Fsp3) is 0.182. The minimum atomic E-state index is -0.733. The molecule has 8 nitrogen and oxygen atoms in total. The molecule has 1 aliphatic rings. The minimum Gasteiger partial charge on any atom is -0.326 e. The lowest BCUT2D eigenvalue weighted by Gasteiger charge is -2.26. The number of halogens is 1. The van der Waals surface area contributed by atoms with Gasteiger partial charge in [0.2, 0.25) is 11.8 Å². The number of hydrogen-bond donors (Lipinski definition) is 3. The first-order valence-corrected chi connectivity index (χ1v) is 10.0. The summed E-state index contributed by atoms with van der Waals surface area (Å²) in [6.07, 6.45) is -0.0508. The molecule has 31 heavy (non-hydrogen) atoms. The Balaban J connectivity index is 1.55. The third-order valence-electron chi connectivity index (χ3n) is 5.10. The number of rotatable bonds is 5. The molecule has 0 aliphatic carbocycles. The summed E-state index contributed by atoms with van der Waals surface area (Å²) < 4.78 is 1.33. The SMILES string of the molecule is O=C(C[C@@H]1Cc2c(n(Cc3ccccc3)c(=O)[nH]c2=O)NC1=O)Nc1ccc(Cl)cc1. The molecule has 0 saturated heterocycles. The Kier molecular flexibility index (Phi) is 5.73. The maximum Gasteiger partial charge on any atom is 0.330 e. The van der Waals surface area contributed by atoms with E-state index >= 15 is 0 Å². The number of aromatic nitrogens is 2. The average Bonchev–Trinajstić information content (AvgIpc) is 2.74. The fourth-order valence-electron chi connectivity index (χ4n) is 3.55. The zero-order valence-corrected chi connectivity index (χ0v) is 17.1. The van der Waals surface area contributed by atoms with E-state index < -0.39 is 23.1 Å². The standard InChI is InChI=1S/C22H19ClN4O4/c23-15-6-8-16(9-7-15)24-18(28)11-14-10-17-19(25-20(14)29)27(22(31)26-21(17)30)12-13-4-2-1-3-5-13/h1-9,14H,10-12H2,(H,24,28)(H,25,29)(H,26,30,31)/t14-/m0/s1. The third-order valence-corrected chi connectivity index (χ3v) is 5.35. The highest BCUT2D eigenvalue weighted by atomic mass is 35.5. The quantitative estimate of drug-likeness (QED) is 0.567. The molecule has 2 heterocycles. The highest BCUT2D eigenvalue weighted by Gasteiger charge is 2.32. The second kappa shape index (κ2) is 8.61. The van der Waals surface area contributed by atoms with E-state index in [9.17, 15) is 19.2 Å². The van der Waals surface area contributed by atoms with E-state index in [4.69, 9.17) is 11.6 Å². The van der Waals surface area contributed by atoms with Crippen molar-refractivity contribution < 1.29 is 9.59 Å². The van der Waals surface area contributed by atoms with E-state index in [0.717, 1.165) is 5.56 Å². The van der Waals surface area contributed by atoms with Crippen molar-refractivity contribution in [2.75, 3.05) is 10.6 Å². The van der Waals surface area contributed by atoms with Crippen LogP contribution in [-0.4, -0.2) is 21.4 Å². The molecule has 3 aromatic rings. The fourth-order valence-corrected chi connectivity index (χ4v) is 3.68. The summed E-state index contributed by atoms with van der Waals surface area (Å²) in [4.78, 5) is 52.2. The maximum atomic E-state index is 12.7. The van der Waals surface area contributed by atoms with Crippen molar-refractivity contribution in [2.24, 2.45) is 5.92 Å². The van der Waals surface area contributed by atoms with Gasteiger partial charge in [0.15, 0.2) is 0 Å². The third kappa shape index (κ3) is 4.59. The van der Waals surface area contributed by atoms with E-state index in [-0.39, 0.29) is 36.7 Å². The summed E-state index contributed by atoms with van der Waals surface area (Å²) in [6, 6.07) is 15.8. The second-order valence-corrected chi connectivity index (χ2v) is 7.74. The van der Waals surface area contributed by atoms with Crippen molar-refractivity contribution in [3.63, 3.8) is 0 Å².